The molecule has 8 heteroatoms. The smallest absolute Gasteiger partial charge is 0.255 e. The van der Waals surface area contributed by atoms with Crippen molar-refractivity contribution < 1.29 is 4.79 Å². The summed E-state index contributed by atoms with van der Waals surface area (Å²) in [6.45, 7) is 7.19. The second-order valence-electron chi connectivity index (χ2n) is 8.53. The van der Waals surface area contributed by atoms with Crippen molar-refractivity contribution in [2.75, 3.05) is 23.3 Å². The van der Waals surface area contributed by atoms with Crippen molar-refractivity contribution >= 4 is 17.4 Å². The first-order chi connectivity index (χ1) is 15.8. The second kappa shape index (κ2) is 8.68. The van der Waals surface area contributed by atoms with Gasteiger partial charge in [-0.1, -0.05) is 0 Å². The molecule has 1 aliphatic heterocycles. The summed E-state index contributed by atoms with van der Waals surface area (Å²) in [4.78, 5) is 28.1. The summed E-state index contributed by atoms with van der Waals surface area (Å²) in [5.74, 6) is 0.379. The molecule has 0 radical (unpaired) electrons. The van der Waals surface area contributed by atoms with Gasteiger partial charge in [-0.05, 0) is 51.5 Å². The van der Waals surface area contributed by atoms with Crippen LogP contribution in [0.5, 0.6) is 0 Å². The number of nitrogens with one attached hydrogen (secondary N) is 1. The van der Waals surface area contributed by atoms with Gasteiger partial charge in [-0.3, -0.25) is 14.8 Å². The number of anilines is 2. The summed E-state index contributed by atoms with van der Waals surface area (Å²) in [7, 11) is 0. The average Bonchev–Trinajstić information content (AvgIpc) is 2.79. The Balaban J connectivity index is 1.61. The number of carbonyl (C=O) groups is 1. The van der Waals surface area contributed by atoms with Crippen molar-refractivity contribution in [2.45, 2.75) is 32.6 Å². The van der Waals surface area contributed by atoms with Gasteiger partial charge in [-0.25, -0.2) is 4.98 Å². The zero-order valence-electron chi connectivity index (χ0n) is 18.8. The molecule has 0 atom stereocenters. The number of carbonyl (C=O) groups excluding carboxylic acids is 1. The van der Waals surface area contributed by atoms with E-state index >= 15 is 0 Å². The summed E-state index contributed by atoms with van der Waals surface area (Å²) in [6, 6.07) is 11.3. The number of nitriles is 2. The normalized spacial score (nSPS) is 12.9. The monoisotopic (exact) mass is 437 g/mol. The lowest BCUT2D eigenvalue weighted by atomic mass is 9.90. The Morgan fingerprint density at radius 1 is 1.12 bits per heavy atom. The van der Waals surface area contributed by atoms with E-state index in [-0.39, 0.29) is 5.91 Å². The van der Waals surface area contributed by atoms with Gasteiger partial charge in [0.05, 0.1) is 34.6 Å². The SMILES string of the molecule is Cc1ncc(NC(=O)c2ccnc(C(C)(C)C#N)c2)cc1-c1cnc(N2CCC2)c(C#N)c1. The number of hydrogen-bond donors (Lipinski definition) is 1. The van der Waals surface area contributed by atoms with Crippen LogP contribution in [0.1, 0.15) is 47.6 Å². The van der Waals surface area contributed by atoms with Gasteiger partial charge in [0, 0.05) is 47.9 Å². The Hall–Kier alpha value is -4.30. The summed E-state index contributed by atoms with van der Waals surface area (Å²) in [6.07, 6.45) is 5.96. The second-order valence-corrected chi connectivity index (χ2v) is 8.53. The van der Waals surface area contributed by atoms with Gasteiger partial charge in [0.2, 0.25) is 0 Å². The van der Waals surface area contributed by atoms with Crippen molar-refractivity contribution in [2.24, 2.45) is 0 Å². The molecule has 8 nitrogen and oxygen atoms in total. The van der Waals surface area contributed by atoms with Crippen LogP contribution >= 0.6 is 0 Å². The molecule has 3 aromatic rings. The standard InChI is InChI=1S/C25H23N7O/c1-16-21(19-9-18(12-26)23(30-13-19)32-7-4-8-32)11-20(14-29-16)31-24(33)17-5-6-28-22(10-17)25(2,3)15-27/h5-6,9-11,13-14H,4,7-8H2,1-3H3,(H,31,33). The fraction of sp³-hybridized carbons (Fsp3) is 0.280. The van der Waals surface area contributed by atoms with Gasteiger partial charge >= 0.3 is 0 Å². The minimum atomic E-state index is -0.803. The van der Waals surface area contributed by atoms with Crippen LogP contribution in [0, 0.1) is 29.6 Å². The van der Waals surface area contributed by atoms with Gasteiger partial charge in [0.15, 0.2) is 0 Å². The highest BCUT2D eigenvalue weighted by atomic mass is 16.1. The molecule has 4 heterocycles. The predicted molar refractivity (Wildman–Crippen MR) is 125 cm³/mol. The van der Waals surface area contributed by atoms with Gasteiger partial charge in [-0.2, -0.15) is 10.5 Å². The van der Waals surface area contributed by atoms with E-state index in [0.29, 0.717) is 28.3 Å². The molecule has 164 valence electrons. The van der Waals surface area contributed by atoms with Gasteiger partial charge < -0.3 is 10.2 Å². The minimum absolute atomic E-state index is 0.326. The average molecular weight is 438 g/mol. The van der Waals surface area contributed by atoms with Crippen molar-refractivity contribution in [3.8, 4) is 23.3 Å². The molecular weight excluding hydrogens is 414 g/mol. The molecular formula is C25H23N7O. The van der Waals surface area contributed by atoms with E-state index in [9.17, 15) is 15.3 Å². The van der Waals surface area contributed by atoms with Crippen LogP contribution < -0.4 is 10.2 Å². The molecule has 1 aliphatic rings. The lowest BCUT2D eigenvalue weighted by Crippen LogP contribution is -2.38. The Morgan fingerprint density at radius 2 is 1.91 bits per heavy atom. The lowest BCUT2D eigenvalue weighted by Gasteiger charge is -2.32. The number of amides is 1. The van der Waals surface area contributed by atoms with E-state index in [1.165, 1.54) is 6.20 Å². The lowest BCUT2D eigenvalue weighted by molar-refractivity contribution is 0.102. The van der Waals surface area contributed by atoms with Crippen molar-refractivity contribution in [1.29, 1.82) is 10.5 Å². The van der Waals surface area contributed by atoms with Crippen LogP contribution in [0.2, 0.25) is 0 Å². The molecule has 33 heavy (non-hydrogen) atoms. The molecule has 0 bridgehead atoms. The molecule has 1 fully saturated rings. The molecule has 0 saturated carbocycles. The largest absolute Gasteiger partial charge is 0.355 e. The highest BCUT2D eigenvalue weighted by Crippen LogP contribution is 2.30. The summed E-state index contributed by atoms with van der Waals surface area (Å²) < 4.78 is 0. The Kier molecular flexibility index (Phi) is 5.76. The van der Waals surface area contributed by atoms with Crippen LogP contribution in [0.25, 0.3) is 11.1 Å². The highest BCUT2D eigenvalue weighted by molar-refractivity contribution is 6.04. The molecule has 0 spiro atoms. The van der Waals surface area contributed by atoms with Crippen LogP contribution in [-0.2, 0) is 5.41 Å². The zero-order valence-corrected chi connectivity index (χ0v) is 18.8. The van der Waals surface area contributed by atoms with E-state index in [1.54, 1.807) is 38.4 Å². The quantitative estimate of drug-likeness (QED) is 0.641. The molecule has 1 saturated heterocycles. The summed E-state index contributed by atoms with van der Waals surface area (Å²) in [5.41, 5.74) is 3.47. The third kappa shape index (κ3) is 4.37. The van der Waals surface area contributed by atoms with Crippen molar-refractivity contribution in [1.82, 2.24) is 15.0 Å². The molecule has 0 aliphatic carbocycles. The molecule has 1 N–H and O–H groups in total. The summed E-state index contributed by atoms with van der Waals surface area (Å²) in [5, 5.41) is 21.8. The first kappa shape index (κ1) is 21.9. The summed E-state index contributed by atoms with van der Waals surface area (Å²) >= 11 is 0. The van der Waals surface area contributed by atoms with E-state index in [4.69, 9.17) is 0 Å². The maximum Gasteiger partial charge on any atom is 0.255 e. The maximum absolute atomic E-state index is 12.9. The predicted octanol–water partition coefficient (Wildman–Crippen LogP) is 3.98. The molecule has 1 amide bonds. The first-order valence-electron chi connectivity index (χ1n) is 10.6. The van der Waals surface area contributed by atoms with Crippen LogP contribution in [-0.4, -0.2) is 33.9 Å². The van der Waals surface area contributed by atoms with Crippen LogP contribution in [0.3, 0.4) is 0 Å². The van der Waals surface area contributed by atoms with E-state index in [2.05, 4.69) is 37.3 Å². The van der Waals surface area contributed by atoms with E-state index in [1.807, 2.05) is 19.1 Å². The molecule has 0 unspecified atom stereocenters. The first-order valence-corrected chi connectivity index (χ1v) is 10.6. The van der Waals surface area contributed by atoms with Crippen LogP contribution in [0.15, 0.2) is 42.9 Å². The number of aryl methyl sites for hydroxylation is 1. The number of nitrogens with zero attached hydrogens (tertiary/aromatic N) is 6. The van der Waals surface area contributed by atoms with Gasteiger partial charge in [0.25, 0.3) is 5.91 Å². The number of hydrogen-bond acceptors (Lipinski definition) is 7. The number of rotatable bonds is 5. The third-order valence-electron chi connectivity index (χ3n) is 5.74. The fourth-order valence-electron chi connectivity index (χ4n) is 3.53. The third-order valence-corrected chi connectivity index (χ3v) is 5.74. The van der Waals surface area contributed by atoms with Gasteiger partial charge in [-0.15, -0.1) is 0 Å². The minimum Gasteiger partial charge on any atom is -0.355 e. The van der Waals surface area contributed by atoms with Crippen molar-refractivity contribution in [3.05, 3.63) is 65.4 Å². The Labute approximate surface area is 192 Å². The van der Waals surface area contributed by atoms with Crippen LogP contribution in [0.4, 0.5) is 11.5 Å². The fourth-order valence-corrected chi connectivity index (χ4v) is 3.53. The topological polar surface area (TPSA) is 119 Å². The number of pyridine rings is 3. The Bertz CT molecular complexity index is 1310. The van der Waals surface area contributed by atoms with Gasteiger partial charge in [0.1, 0.15) is 11.9 Å². The molecule has 0 aromatic carbocycles. The zero-order chi connectivity index (χ0) is 23.6. The number of aromatic nitrogens is 3. The maximum atomic E-state index is 12.9. The molecule has 4 rings (SSSR count). The Morgan fingerprint density at radius 3 is 2.58 bits per heavy atom. The molecule has 3 aromatic heterocycles. The van der Waals surface area contributed by atoms with Crippen molar-refractivity contribution in [3.63, 3.8) is 0 Å². The highest BCUT2D eigenvalue weighted by Gasteiger charge is 2.23. The van der Waals surface area contributed by atoms with E-state index in [0.717, 1.165) is 36.3 Å². The van der Waals surface area contributed by atoms with E-state index < -0.39 is 5.41 Å².